The lowest BCUT2D eigenvalue weighted by Gasteiger charge is -2.16. The van der Waals surface area contributed by atoms with Crippen LogP contribution >= 0.6 is 11.3 Å². The van der Waals surface area contributed by atoms with Crippen molar-refractivity contribution < 1.29 is 14.3 Å². The summed E-state index contributed by atoms with van der Waals surface area (Å²) in [4.78, 5) is 13.3. The number of hydrogen-bond donors (Lipinski definition) is 2. The molecular formula is C17H20N2O3S. The van der Waals surface area contributed by atoms with Gasteiger partial charge in [0.15, 0.2) is 11.5 Å². The molecule has 1 aliphatic rings. The first-order valence-corrected chi connectivity index (χ1v) is 8.56. The molecule has 0 bridgehead atoms. The zero-order chi connectivity index (χ0) is 16.1. The lowest BCUT2D eigenvalue weighted by Crippen LogP contribution is -2.37. The third-order valence-corrected chi connectivity index (χ3v) is 4.42. The fourth-order valence-electron chi connectivity index (χ4n) is 2.31. The van der Waals surface area contributed by atoms with Gasteiger partial charge < -0.3 is 20.1 Å². The Labute approximate surface area is 139 Å². The van der Waals surface area contributed by atoms with Crippen LogP contribution in [0.5, 0.6) is 11.5 Å². The van der Waals surface area contributed by atoms with Gasteiger partial charge in [-0.05, 0) is 30.5 Å². The summed E-state index contributed by atoms with van der Waals surface area (Å²) in [5.74, 6) is 1.44. The molecule has 23 heavy (non-hydrogen) atoms. The molecule has 1 unspecified atom stereocenters. The lowest BCUT2D eigenvalue weighted by atomic mass is 10.2. The largest absolute Gasteiger partial charge is 0.490 e. The van der Waals surface area contributed by atoms with Crippen LogP contribution in [0, 0.1) is 0 Å². The fourth-order valence-corrected chi connectivity index (χ4v) is 2.95. The van der Waals surface area contributed by atoms with Crippen LogP contribution in [0.15, 0.2) is 35.7 Å². The van der Waals surface area contributed by atoms with Gasteiger partial charge in [-0.15, -0.1) is 11.3 Å². The minimum Gasteiger partial charge on any atom is -0.490 e. The molecular weight excluding hydrogens is 312 g/mol. The average molecular weight is 332 g/mol. The summed E-state index contributed by atoms with van der Waals surface area (Å²) < 4.78 is 11.3. The molecule has 1 aromatic heterocycles. The molecule has 6 heteroatoms. The monoisotopic (exact) mass is 332 g/mol. The number of ether oxygens (including phenoxy) is 2. The van der Waals surface area contributed by atoms with E-state index >= 15 is 0 Å². The zero-order valence-electron chi connectivity index (χ0n) is 13.0. The van der Waals surface area contributed by atoms with Crippen LogP contribution in [0.1, 0.15) is 18.2 Å². The van der Waals surface area contributed by atoms with E-state index in [1.165, 1.54) is 0 Å². The summed E-state index contributed by atoms with van der Waals surface area (Å²) in [5, 5.41) is 8.13. The Balaban J connectivity index is 1.57. The number of amides is 1. The Hall–Kier alpha value is -2.21. The molecule has 0 aliphatic carbocycles. The molecule has 0 radical (unpaired) electrons. The van der Waals surface area contributed by atoms with Gasteiger partial charge in [0.2, 0.25) is 5.91 Å². The second-order valence-electron chi connectivity index (χ2n) is 5.38. The van der Waals surface area contributed by atoms with Crippen molar-refractivity contribution in [3.8, 4) is 11.5 Å². The van der Waals surface area contributed by atoms with E-state index in [1.54, 1.807) is 11.3 Å². The molecule has 1 atom stereocenters. The fraction of sp³-hybridized carbons (Fsp3) is 0.353. The standard InChI is InChI=1S/C17H20N2O3S/c1-12(17(20)18-11-14-4-2-9-23-14)19-13-5-6-15-16(10-13)22-8-3-7-21-15/h2,4-6,9-10,12,19H,3,7-8,11H2,1H3,(H,18,20). The Kier molecular flexibility index (Phi) is 5.02. The number of anilines is 1. The van der Waals surface area contributed by atoms with Crippen LogP contribution in [0.25, 0.3) is 0 Å². The molecule has 0 saturated carbocycles. The second-order valence-corrected chi connectivity index (χ2v) is 6.41. The number of carbonyl (C=O) groups is 1. The Bertz CT molecular complexity index is 658. The molecule has 2 heterocycles. The maximum Gasteiger partial charge on any atom is 0.242 e. The third-order valence-electron chi connectivity index (χ3n) is 3.54. The average Bonchev–Trinajstić information content (AvgIpc) is 2.97. The number of nitrogens with one attached hydrogen (secondary N) is 2. The predicted octanol–water partition coefficient (Wildman–Crippen LogP) is 3.03. The van der Waals surface area contributed by atoms with Crippen molar-refractivity contribution in [2.45, 2.75) is 25.9 Å². The lowest BCUT2D eigenvalue weighted by molar-refractivity contribution is -0.121. The number of rotatable bonds is 5. The van der Waals surface area contributed by atoms with E-state index in [2.05, 4.69) is 10.6 Å². The van der Waals surface area contributed by atoms with Gasteiger partial charge >= 0.3 is 0 Å². The maximum absolute atomic E-state index is 12.2. The first-order valence-electron chi connectivity index (χ1n) is 7.68. The highest BCUT2D eigenvalue weighted by molar-refractivity contribution is 7.09. The van der Waals surface area contributed by atoms with Gasteiger partial charge in [0.25, 0.3) is 0 Å². The zero-order valence-corrected chi connectivity index (χ0v) is 13.8. The van der Waals surface area contributed by atoms with E-state index < -0.39 is 0 Å². The van der Waals surface area contributed by atoms with Crippen LogP contribution in [0.2, 0.25) is 0 Å². The molecule has 1 amide bonds. The van der Waals surface area contributed by atoms with Crippen molar-refractivity contribution in [1.82, 2.24) is 5.32 Å². The first kappa shape index (κ1) is 15.7. The van der Waals surface area contributed by atoms with Crippen molar-refractivity contribution in [2.75, 3.05) is 18.5 Å². The second kappa shape index (κ2) is 7.37. The van der Waals surface area contributed by atoms with Crippen molar-refractivity contribution in [1.29, 1.82) is 0 Å². The SMILES string of the molecule is CC(Nc1ccc2c(c1)OCCCO2)C(=O)NCc1cccs1. The van der Waals surface area contributed by atoms with Gasteiger partial charge in [0.1, 0.15) is 6.04 Å². The van der Waals surface area contributed by atoms with E-state index in [0.717, 1.165) is 28.5 Å². The van der Waals surface area contributed by atoms with Gasteiger partial charge in [-0.2, -0.15) is 0 Å². The first-order chi connectivity index (χ1) is 11.2. The quantitative estimate of drug-likeness (QED) is 0.883. The van der Waals surface area contributed by atoms with E-state index in [1.807, 2.05) is 42.6 Å². The van der Waals surface area contributed by atoms with Gasteiger partial charge in [-0.3, -0.25) is 4.79 Å². The smallest absolute Gasteiger partial charge is 0.242 e. The van der Waals surface area contributed by atoms with Crippen LogP contribution in [0.3, 0.4) is 0 Å². The molecule has 5 nitrogen and oxygen atoms in total. The number of benzene rings is 1. The Morgan fingerprint density at radius 1 is 1.26 bits per heavy atom. The summed E-state index contributed by atoms with van der Waals surface area (Å²) in [6, 6.07) is 9.30. The van der Waals surface area contributed by atoms with Crippen LogP contribution in [-0.2, 0) is 11.3 Å². The van der Waals surface area contributed by atoms with Crippen molar-refractivity contribution in [3.05, 3.63) is 40.6 Å². The van der Waals surface area contributed by atoms with Crippen molar-refractivity contribution >= 4 is 22.9 Å². The molecule has 2 N–H and O–H groups in total. The van der Waals surface area contributed by atoms with E-state index in [-0.39, 0.29) is 11.9 Å². The highest BCUT2D eigenvalue weighted by Gasteiger charge is 2.15. The third kappa shape index (κ3) is 4.16. The van der Waals surface area contributed by atoms with Gasteiger partial charge in [0, 0.05) is 23.1 Å². The Morgan fingerprint density at radius 2 is 2.09 bits per heavy atom. The summed E-state index contributed by atoms with van der Waals surface area (Å²) in [5.41, 5.74) is 0.841. The molecule has 3 rings (SSSR count). The Morgan fingerprint density at radius 3 is 2.87 bits per heavy atom. The minimum absolute atomic E-state index is 0.0366. The van der Waals surface area contributed by atoms with Gasteiger partial charge in [-0.25, -0.2) is 0 Å². The molecule has 0 saturated heterocycles. The van der Waals surface area contributed by atoms with Gasteiger partial charge in [-0.1, -0.05) is 6.07 Å². The van der Waals surface area contributed by atoms with Crippen LogP contribution in [-0.4, -0.2) is 25.2 Å². The number of hydrogen-bond acceptors (Lipinski definition) is 5. The summed E-state index contributed by atoms with van der Waals surface area (Å²) >= 11 is 1.63. The van der Waals surface area contributed by atoms with Crippen molar-refractivity contribution in [3.63, 3.8) is 0 Å². The van der Waals surface area contributed by atoms with E-state index in [0.29, 0.717) is 19.8 Å². The highest BCUT2D eigenvalue weighted by atomic mass is 32.1. The van der Waals surface area contributed by atoms with Gasteiger partial charge in [0.05, 0.1) is 19.8 Å². The predicted molar refractivity (Wildman–Crippen MR) is 91.3 cm³/mol. The highest BCUT2D eigenvalue weighted by Crippen LogP contribution is 2.32. The molecule has 0 fully saturated rings. The van der Waals surface area contributed by atoms with Crippen LogP contribution in [0.4, 0.5) is 5.69 Å². The van der Waals surface area contributed by atoms with Crippen molar-refractivity contribution in [2.24, 2.45) is 0 Å². The molecule has 1 aromatic carbocycles. The minimum atomic E-state index is -0.334. The number of thiophene rings is 1. The summed E-state index contributed by atoms with van der Waals surface area (Å²) in [7, 11) is 0. The van der Waals surface area contributed by atoms with Crippen LogP contribution < -0.4 is 20.1 Å². The number of carbonyl (C=O) groups excluding carboxylic acids is 1. The normalized spacial score (nSPS) is 14.7. The number of fused-ring (bicyclic) bond motifs is 1. The summed E-state index contributed by atoms with van der Waals surface area (Å²) in [6.07, 6.45) is 0.874. The van der Waals surface area contributed by atoms with E-state index in [9.17, 15) is 4.79 Å². The maximum atomic E-state index is 12.2. The molecule has 1 aliphatic heterocycles. The van der Waals surface area contributed by atoms with E-state index in [4.69, 9.17) is 9.47 Å². The molecule has 0 spiro atoms. The topological polar surface area (TPSA) is 59.6 Å². The summed E-state index contributed by atoms with van der Waals surface area (Å²) in [6.45, 7) is 3.71. The molecule has 122 valence electrons. The molecule has 2 aromatic rings.